The van der Waals surface area contributed by atoms with Crippen molar-refractivity contribution in [1.29, 1.82) is 0 Å². The summed E-state index contributed by atoms with van der Waals surface area (Å²) in [5, 5.41) is 3.62. The Hall–Kier alpha value is -3.99. The lowest BCUT2D eigenvalue weighted by atomic mass is 10.00. The lowest BCUT2D eigenvalue weighted by Crippen LogP contribution is -2.45. The zero-order chi connectivity index (χ0) is 20.9. The number of fused-ring (bicyclic) bond motifs is 1. The predicted octanol–water partition coefficient (Wildman–Crippen LogP) is 3.73. The van der Waals surface area contributed by atoms with Crippen molar-refractivity contribution in [2.24, 2.45) is 5.73 Å². The first-order valence-electron chi connectivity index (χ1n) is 9.70. The Balaban J connectivity index is 1.52. The van der Waals surface area contributed by atoms with Crippen molar-refractivity contribution in [2.45, 2.75) is 12.5 Å². The van der Waals surface area contributed by atoms with Crippen molar-refractivity contribution in [3.8, 4) is 11.1 Å². The predicted molar refractivity (Wildman–Crippen MR) is 118 cm³/mol. The molecule has 1 aromatic heterocycles. The van der Waals surface area contributed by atoms with E-state index in [1.165, 1.54) is 0 Å². The normalized spacial score (nSPS) is 11.7. The maximum Gasteiger partial charge on any atom is 0.254 e. The van der Waals surface area contributed by atoms with Crippen molar-refractivity contribution in [2.75, 3.05) is 0 Å². The van der Waals surface area contributed by atoms with Gasteiger partial charge in [0, 0.05) is 18.0 Å². The maximum absolute atomic E-state index is 12.8. The molecule has 5 nitrogen and oxygen atoms in total. The van der Waals surface area contributed by atoms with Crippen LogP contribution in [0.3, 0.4) is 0 Å². The Bertz CT molecular complexity index is 1180. The highest BCUT2D eigenvalue weighted by atomic mass is 16.2. The lowest BCUT2D eigenvalue weighted by molar-refractivity contribution is -0.119. The smallest absolute Gasteiger partial charge is 0.254 e. The summed E-state index contributed by atoms with van der Waals surface area (Å²) in [5.41, 5.74) is 9.70. The molecule has 2 amide bonds. The highest BCUT2D eigenvalue weighted by Gasteiger charge is 2.21. The van der Waals surface area contributed by atoms with Gasteiger partial charge in [-0.1, -0.05) is 72.8 Å². The van der Waals surface area contributed by atoms with Crippen LogP contribution in [0.1, 0.15) is 15.9 Å². The largest absolute Gasteiger partial charge is 0.368 e. The van der Waals surface area contributed by atoms with E-state index in [0.29, 0.717) is 17.5 Å². The molecule has 3 N–H and O–H groups in total. The SMILES string of the molecule is NC(=O)[C@@H](Cc1ccc(-c2ccccc2)cc1)NC(=O)c1cccc2cccnc12. The second-order valence-corrected chi connectivity index (χ2v) is 7.08. The second kappa shape index (κ2) is 8.57. The molecule has 0 spiro atoms. The van der Waals surface area contributed by atoms with Crippen LogP contribution < -0.4 is 11.1 Å². The van der Waals surface area contributed by atoms with Gasteiger partial charge in [-0.2, -0.15) is 0 Å². The fraction of sp³-hybridized carbons (Fsp3) is 0.0800. The summed E-state index contributed by atoms with van der Waals surface area (Å²) in [6, 6.07) is 26.2. The van der Waals surface area contributed by atoms with Gasteiger partial charge in [0.2, 0.25) is 5.91 Å². The van der Waals surface area contributed by atoms with Crippen molar-refractivity contribution in [3.63, 3.8) is 0 Å². The van der Waals surface area contributed by atoms with E-state index in [1.54, 1.807) is 18.3 Å². The number of carbonyl (C=O) groups excluding carboxylic acids is 2. The van der Waals surface area contributed by atoms with Gasteiger partial charge in [-0.25, -0.2) is 0 Å². The van der Waals surface area contributed by atoms with E-state index < -0.39 is 11.9 Å². The van der Waals surface area contributed by atoms with Crippen LogP contribution in [0.25, 0.3) is 22.0 Å². The number of rotatable bonds is 6. The number of hydrogen-bond donors (Lipinski definition) is 2. The molecule has 3 aromatic carbocycles. The number of para-hydroxylation sites is 1. The molecular weight excluding hydrogens is 374 g/mol. The van der Waals surface area contributed by atoms with Gasteiger partial charge in [0.25, 0.3) is 5.91 Å². The zero-order valence-corrected chi connectivity index (χ0v) is 16.3. The minimum atomic E-state index is -0.820. The van der Waals surface area contributed by atoms with Gasteiger partial charge in [-0.15, -0.1) is 0 Å². The molecule has 0 aliphatic heterocycles. The van der Waals surface area contributed by atoms with Crippen molar-refractivity contribution < 1.29 is 9.59 Å². The molecule has 0 bridgehead atoms. The fourth-order valence-corrected chi connectivity index (χ4v) is 3.45. The number of nitrogens with zero attached hydrogens (tertiary/aromatic N) is 1. The first kappa shape index (κ1) is 19.3. The van der Waals surface area contributed by atoms with E-state index >= 15 is 0 Å². The van der Waals surface area contributed by atoms with Crippen LogP contribution in [-0.4, -0.2) is 22.8 Å². The third kappa shape index (κ3) is 4.20. The molecule has 0 aliphatic rings. The van der Waals surface area contributed by atoms with Gasteiger partial charge in [0.1, 0.15) is 6.04 Å². The number of hydrogen-bond acceptors (Lipinski definition) is 3. The molecule has 0 radical (unpaired) electrons. The van der Waals surface area contributed by atoms with Crippen LogP contribution in [0.2, 0.25) is 0 Å². The quantitative estimate of drug-likeness (QED) is 0.522. The molecule has 0 fully saturated rings. The van der Waals surface area contributed by atoms with E-state index in [9.17, 15) is 9.59 Å². The highest BCUT2D eigenvalue weighted by molar-refractivity contribution is 6.06. The van der Waals surface area contributed by atoms with Crippen LogP contribution in [0.5, 0.6) is 0 Å². The third-order valence-electron chi connectivity index (χ3n) is 5.03. The van der Waals surface area contributed by atoms with Gasteiger partial charge in [-0.05, 0) is 28.8 Å². The van der Waals surface area contributed by atoms with E-state index in [4.69, 9.17) is 5.73 Å². The Kier molecular flexibility index (Phi) is 5.52. The molecule has 4 aromatic rings. The van der Waals surface area contributed by atoms with E-state index in [0.717, 1.165) is 22.1 Å². The third-order valence-corrected chi connectivity index (χ3v) is 5.03. The van der Waals surface area contributed by atoms with Crippen molar-refractivity contribution in [3.05, 3.63) is 102 Å². The van der Waals surface area contributed by atoms with Crippen molar-refractivity contribution >= 4 is 22.7 Å². The number of carbonyl (C=O) groups is 2. The average molecular weight is 395 g/mol. The number of primary amides is 1. The molecule has 5 heteroatoms. The summed E-state index contributed by atoms with van der Waals surface area (Å²) in [7, 11) is 0. The molecule has 148 valence electrons. The highest BCUT2D eigenvalue weighted by Crippen LogP contribution is 2.20. The molecule has 4 rings (SSSR count). The molecule has 1 heterocycles. The van der Waals surface area contributed by atoms with Crippen LogP contribution in [-0.2, 0) is 11.2 Å². The van der Waals surface area contributed by atoms with Crippen LogP contribution >= 0.6 is 0 Å². The van der Waals surface area contributed by atoms with E-state index in [1.807, 2.05) is 72.8 Å². The molecular formula is C25H21N3O2. The molecule has 0 unspecified atom stereocenters. The number of benzene rings is 3. The Labute approximate surface area is 174 Å². The Morgan fingerprint density at radius 2 is 1.53 bits per heavy atom. The minimum absolute atomic E-state index is 0.314. The Morgan fingerprint density at radius 3 is 2.27 bits per heavy atom. The number of nitrogens with two attached hydrogens (primary N) is 1. The number of pyridine rings is 1. The Morgan fingerprint density at radius 1 is 0.833 bits per heavy atom. The summed E-state index contributed by atoms with van der Waals surface area (Å²) >= 11 is 0. The van der Waals surface area contributed by atoms with E-state index in [-0.39, 0.29) is 5.91 Å². The average Bonchev–Trinajstić information content (AvgIpc) is 2.79. The van der Waals surface area contributed by atoms with Crippen LogP contribution in [0.4, 0.5) is 0 Å². The van der Waals surface area contributed by atoms with Crippen LogP contribution in [0.15, 0.2) is 91.1 Å². The first-order chi connectivity index (χ1) is 14.6. The summed E-state index contributed by atoms with van der Waals surface area (Å²) < 4.78 is 0. The van der Waals surface area contributed by atoms with Gasteiger partial charge in [0.05, 0.1) is 11.1 Å². The summed E-state index contributed by atoms with van der Waals surface area (Å²) in [5.74, 6) is -0.951. The summed E-state index contributed by atoms with van der Waals surface area (Å²) in [4.78, 5) is 29.2. The molecule has 1 atom stereocenters. The lowest BCUT2D eigenvalue weighted by Gasteiger charge is -2.16. The number of aromatic nitrogens is 1. The molecule has 30 heavy (non-hydrogen) atoms. The summed E-state index contributed by atoms with van der Waals surface area (Å²) in [6.07, 6.45) is 1.95. The van der Waals surface area contributed by atoms with Gasteiger partial charge in [-0.3, -0.25) is 14.6 Å². The van der Waals surface area contributed by atoms with Gasteiger partial charge < -0.3 is 11.1 Å². The number of nitrogens with one attached hydrogen (secondary N) is 1. The topological polar surface area (TPSA) is 85.1 Å². The molecule has 0 aliphatic carbocycles. The van der Waals surface area contributed by atoms with Crippen LogP contribution in [0, 0.1) is 0 Å². The molecule has 0 saturated heterocycles. The van der Waals surface area contributed by atoms with Gasteiger partial charge >= 0.3 is 0 Å². The molecule has 0 saturated carbocycles. The second-order valence-electron chi connectivity index (χ2n) is 7.08. The van der Waals surface area contributed by atoms with Crippen molar-refractivity contribution in [1.82, 2.24) is 10.3 Å². The fourth-order valence-electron chi connectivity index (χ4n) is 3.45. The standard InChI is InChI=1S/C25H21N3O2/c26-24(29)22(16-17-11-13-19(14-12-17)18-6-2-1-3-7-18)28-25(30)21-10-4-8-20-9-5-15-27-23(20)21/h1-15,22H,16H2,(H2,26,29)(H,28,30)/t22-/m1/s1. The monoisotopic (exact) mass is 395 g/mol. The maximum atomic E-state index is 12.8. The van der Waals surface area contributed by atoms with Gasteiger partial charge in [0.15, 0.2) is 0 Å². The first-order valence-corrected chi connectivity index (χ1v) is 9.70. The zero-order valence-electron chi connectivity index (χ0n) is 16.3. The number of amides is 2. The minimum Gasteiger partial charge on any atom is -0.368 e. The summed E-state index contributed by atoms with van der Waals surface area (Å²) in [6.45, 7) is 0. The van der Waals surface area contributed by atoms with E-state index in [2.05, 4.69) is 10.3 Å².